The summed E-state index contributed by atoms with van der Waals surface area (Å²) < 4.78 is 25.2. The van der Waals surface area contributed by atoms with Crippen LogP contribution >= 0.6 is 0 Å². The van der Waals surface area contributed by atoms with Crippen molar-refractivity contribution in [1.82, 2.24) is 10.1 Å². The smallest absolute Gasteiger partial charge is 0.167 e. The first kappa shape index (κ1) is 21.7. The molecule has 1 unspecified atom stereocenters. The van der Waals surface area contributed by atoms with Crippen LogP contribution in [0.2, 0.25) is 0 Å². The molecule has 1 aliphatic heterocycles. The summed E-state index contributed by atoms with van der Waals surface area (Å²) in [6.45, 7) is 5.08. The monoisotopic (exact) mass is 444 g/mol. The zero-order valence-electron chi connectivity index (χ0n) is 18.9. The van der Waals surface area contributed by atoms with E-state index in [1.54, 1.807) is 12.1 Å². The first-order chi connectivity index (χ1) is 16.2. The average Bonchev–Trinajstić information content (AvgIpc) is 3.27. The number of halogens is 1. The van der Waals surface area contributed by atoms with E-state index in [4.69, 9.17) is 9.26 Å². The molecule has 33 heavy (non-hydrogen) atoms. The van der Waals surface area contributed by atoms with Crippen LogP contribution in [0.5, 0.6) is 5.75 Å². The normalized spacial score (nSPS) is 16.2. The Labute approximate surface area is 194 Å². The third kappa shape index (κ3) is 5.09. The molecule has 5 heteroatoms. The number of likely N-dealkylation sites (tertiary alicyclic amines) is 1. The average molecular weight is 445 g/mol. The lowest BCUT2D eigenvalue weighted by atomic mass is 9.91. The van der Waals surface area contributed by atoms with Gasteiger partial charge in [0.05, 0.1) is 5.69 Å². The van der Waals surface area contributed by atoms with Gasteiger partial charge in [-0.25, -0.2) is 4.39 Å². The fraction of sp³-hybridized carbons (Fsp3) is 0.321. The van der Waals surface area contributed by atoms with Crippen molar-refractivity contribution < 1.29 is 13.7 Å². The third-order valence-electron chi connectivity index (χ3n) is 6.60. The number of aryl methyl sites for hydroxylation is 1. The van der Waals surface area contributed by atoms with E-state index in [9.17, 15) is 4.39 Å². The molecule has 0 aliphatic carbocycles. The number of benzene rings is 3. The maximum absolute atomic E-state index is 13.3. The number of aromatic nitrogens is 1. The van der Waals surface area contributed by atoms with Crippen molar-refractivity contribution in [3.63, 3.8) is 0 Å². The number of nitrogens with zero attached hydrogens (tertiary/aromatic N) is 2. The Bertz CT molecular complexity index is 1180. The molecular weight excluding hydrogens is 415 g/mol. The van der Waals surface area contributed by atoms with E-state index < -0.39 is 0 Å². The Hall–Kier alpha value is -3.18. The van der Waals surface area contributed by atoms with Crippen molar-refractivity contribution in [2.24, 2.45) is 0 Å². The van der Waals surface area contributed by atoms with Crippen LogP contribution in [-0.4, -0.2) is 29.7 Å². The van der Waals surface area contributed by atoms with Gasteiger partial charge in [-0.05, 0) is 80.4 Å². The van der Waals surface area contributed by atoms with E-state index in [0.29, 0.717) is 11.7 Å². The summed E-state index contributed by atoms with van der Waals surface area (Å²) >= 11 is 0. The van der Waals surface area contributed by atoms with Gasteiger partial charge in [0.2, 0.25) is 0 Å². The number of hydrogen-bond donors (Lipinski definition) is 0. The highest BCUT2D eigenvalue weighted by Gasteiger charge is 2.26. The number of hydrogen-bond acceptors (Lipinski definition) is 4. The molecule has 2 heterocycles. The molecule has 0 spiro atoms. The molecule has 0 amide bonds. The van der Waals surface area contributed by atoms with Gasteiger partial charge in [-0.1, -0.05) is 41.6 Å². The molecule has 1 fully saturated rings. The van der Waals surface area contributed by atoms with E-state index in [1.807, 2.05) is 18.2 Å². The van der Waals surface area contributed by atoms with E-state index in [1.165, 1.54) is 17.7 Å². The van der Waals surface area contributed by atoms with Crippen molar-refractivity contribution in [2.45, 2.75) is 38.2 Å². The molecule has 3 aromatic carbocycles. The molecule has 1 aliphatic rings. The summed E-state index contributed by atoms with van der Waals surface area (Å²) in [5.41, 5.74) is 4.32. The molecule has 5 rings (SSSR count). The van der Waals surface area contributed by atoms with Crippen LogP contribution in [0.4, 0.5) is 4.39 Å². The summed E-state index contributed by atoms with van der Waals surface area (Å²) in [6.07, 6.45) is 2.95. The minimum absolute atomic E-state index is 0.0721. The molecule has 170 valence electrons. The van der Waals surface area contributed by atoms with Gasteiger partial charge >= 0.3 is 0 Å². The molecule has 1 atom stereocenters. The van der Waals surface area contributed by atoms with Gasteiger partial charge in [0.15, 0.2) is 5.58 Å². The van der Waals surface area contributed by atoms with Crippen LogP contribution < -0.4 is 4.74 Å². The van der Waals surface area contributed by atoms with Crippen LogP contribution in [0.3, 0.4) is 0 Å². The van der Waals surface area contributed by atoms with Crippen molar-refractivity contribution in [2.75, 3.05) is 19.6 Å². The molecule has 0 bridgehead atoms. The predicted molar refractivity (Wildman–Crippen MR) is 128 cm³/mol. The van der Waals surface area contributed by atoms with Gasteiger partial charge in [0.1, 0.15) is 17.7 Å². The van der Waals surface area contributed by atoms with Crippen LogP contribution in [0.15, 0.2) is 77.3 Å². The second kappa shape index (κ2) is 9.75. The minimum atomic E-state index is -0.253. The fourth-order valence-electron chi connectivity index (χ4n) is 4.73. The first-order valence-electron chi connectivity index (χ1n) is 11.7. The van der Waals surface area contributed by atoms with Crippen LogP contribution in [-0.2, 0) is 0 Å². The number of fused-ring (bicyclic) bond motifs is 1. The lowest BCUT2D eigenvalue weighted by Gasteiger charge is -2.32. The predicted octanol–water partition coefficient (Wildman–Crippen LogP) is 6.67. The summed E-state index contributed by atoms with van der Waals surface area (Å²) in [5.74, 6) is 0.874. The Morgan fingerprint density at radius 2 is 1.79 bits per heavy atom. The van der Waals surface area contributed by atoms with Gasteiger partial charge < -0.3 is 14.2 Å². The maximum Gasteiger partial charge on any atom is 0.167 e. The third-order valence-corrected chi connectivity index (χ3v) is 6.60. The van der Waals surface area contributed by atoms with E-state index >= 15 is 0 Å². The summed E-state index contributed by atoms with van der Waals surface area (Å²) in [4.78, 5) is 2.51. The van der Waals surface area contributed by atoms with E-state index in [-0.39, 0.29) is 11.9 Å². The fourth-order valence-corrected chi connectivity index (χ4v) is 4.73. The quantitative estimate of drug-likeness (QED) is 0.319. The molecule has 1 saturated heterocycles. The Morgan fingerprint density at radius 1 is 1.03 bits per heavy atom. The standard InChI is InChI=1S/C28H29FN2O2/c1-20-7-12-25-27(19-20)33-30-28(25)22-13-16-31(17-14-22)18-15-26(21-5-3-2-4-6-21)32-24-10-8-23(29)9-11-24/h2-12,19,22,26H,13-18H2,1H3. The number of piperidine rings is 1. The molecular formula is C28H29FN2O2. The molecule has 4 nitrogen and oxygen atoms in total. The van der Waals surface area contributed by atoms with Crippen LogP contribution in [0.1, 0.15) is 48.1 Å². The molecule has 0 N–H and O–H groups in total. The highest BCUT2D eigenvalue weighted by Crippen LogP contribution is 2.33. The first-order valence-corrected chi connectivity index (χ1v) is 11.7. The second-order valence-corrected chi connectivity index (χ2v) is 8.94. The Kier molecular flexibility index (Phi) is 6.40. The highest BCUT2D eigenvalue weighted by atomic mass is 19.1. The lowest BCUT2D eigenvalue weighted by Crippen LogP contribution is -2.34. The van der Waals surface area contributed by atoms with Crippen molar-refractivity contribution >= 4 is 11.0 Å². The zero-order chi connectivity index (χ0) is 22.6. The SMILES string of the molecule is Cc1ccc2c(C3CCN(CCC(Oc4ccc(F)cc4)c4ccccc4)CC3)noc2c1. The maximum atomic E-state index is 13.3. The van der Waals surface area contributed by atoms with Crippen molar-refractivity contribution in [3.8, 4) is 5.75 Å². The van der Waals surface area contributed by atoms with Gasteiger partial charge in [0, 0.05) is 24.3 Å². The lowest BCUT2D eigenvalue weighted by molar-refractivity contribution is 0.147. The Balaban J connectivity index is 1.21. The summed E-state index contributed by atoms with van der Waals surface area (Å²) in [5, 5.41) is 5.56. The van der Waals surface area contributed by atoms with Crippen molar-refractivity contribution in [1.29, 1.82) is 0 Å². The van der Waals surface area contributed by atoms with Gasteiger partial charge in [0.25, 0.3) is 0 Å². The molecule has 1 aromatic heterocycles. The van der Waals surface area contributed by atoms with Gasteiger partial charge in [-0.3, -0.25) is 0 Å². The van der Waals surface area contributed by atoms with E-state index in [0.717, 1.165) is 61.1 Å². The van der Waals surface area contributed by atoms with Crippen molar-refractivity contribution in [3.05, 3.63) is 95.4 Å². The summed E-state index contributed by atoms with van der Waals surface area (Å²) in [7, 11) is 0. The van der Waals surface area contributed by atoms with Crippen LogP contribution in [0, 0.1) is 12.7 Å². The largest absolute Gasteiger partial charge is 0.486 e. The Morgan fingerprint density at radius 3 is 2.55 bits per heavy atom. The molecule has 0 radical (unpaired) electrons. The molecule has 0 saturated carbocycles. The summed E-state index contributed by atoms with van der Waals surface area (Å²) in [6, 6.07) is 22.9. The zero-order valence-corrected chi connectivity index (χ0v) is 18.9. The molecule has 4 aromatic rings. The highest BCUT2D eigenvalue weighted by molar-refractivity contribution is 5.80. The van der Waals surface area contributed by atoms with E-state index in [2.05, 4.69) is 47.3 Å². The number of ether oxygens (including phenoxy) is 1. The topological polar surface area (TPSA) is 38.5 Å². The van der Waals surface area contributed by atoms with Gasteiger partial charge in [-0.2, -0.15) is 0 Å². The minimum Gasteiger partial charge on any atom is -0.486 e. The van der Waals surface area contributed by atoms with Gasteiger partial charge in [-0.15, -0.1) is 0 Å². The number of rotatable bonds is 7. The van der Waals surface area contributed by atoms with Crippen LogP contribution in [0.25, 0.3) is 11.0 Å². The second-order valence-electron chi connectivity index (χ2n) is 8.94.